The van der Waals surface area contributed by atoms with Crippen LogP contribution in [0.5, 0.6) is 0 Å². The normalized spacial score (nSPS) is 12.8. The van der Waals surface area contributed by atoms with E-state index in [0.717, 1.165) is 16.8 Å². The molecule has 30 heavy (non-hydrogen) atoms. The minimum Gasteiger partial charge on any atom is -0.741 e. The van der Waals surface area contributed by atoms with Crippen LogP contribution in [0.1, 0.15) is 11.1 Å². The zero-order valence-corrected chi connectivity index (χ0v) is 19.6. The Morgan fingerprint density at radius 3 is 1.53 bits per heavy atom. The van der Waals surface area contributed by atoms with Crippen molar-refractivity contribution < 1.29 is 17.1 Å². The van der Waals surface area contributed by atoms with Crippen molar-refractivity contribution in [3.05, 3.63) is 65.7 Å². The zero-order chi connectivity index (χ0) is 21.2. The van der Waals surface area contributed by atoms with E-state index in [1.165, 1.54) is 0 Å². The maximum atomic E-state index is 5.12. The Bertz CT molecular complexity index is 924. The van der Waals surface area contributed by atoms with Gasteiger partial charge in [-0.15, -0.1) is 10.2 Å². The summed E-state index contributed by atoms with van der Waals surface area (Å²) in [6, 6.07) is 17.5. The SMILES string of the molecule is CN/C([S-])=N/N=C(/C(=N/N=C(\[S-])NC)c1ccc(N(C)C)cc1)c1ccccc1.[Cu+2]. The minimum absolute atomic E-state index is 0. The van der Waals surface area contributed by atoms with E-state index in [4.69, 9.17) is 25.3 Å². The average molecular weight is 489 g/mol. The first-order valence-corrected chi connectivity index (χ1v) is 9.62. The van der Waals surface area contributed by atoms with Gasteiger partial charge in [0.2, 0.25) is 0 Å². The summed E-state index contributed by atoms with van der Waals surface area (Å²) in [4.78, 5) is 2.02. The van der Waals surface area contributed by atoms with Crippen LogP contribution >= 0.6 is 0 Å². The molecule has 0 saturated heterocycles. The monoisotopic (exact) mass is 488 g/mol. The van der Waals surface area contributed by atoms with Crippen molar-refractivity contribution in [3.8, 4) is 0 Å². The molecule has 0 aliphatic rings. The van der Waals surface area contributed by atoms with Gasteiger partial charge in [0.15, 0.2) is 0 Å². The summed E-state index contributed by atoms with van der Waals surface area (Å²) < 4.78 is 0. The fraction of sp³-hybridized carbons (Fsp3) is 0.200. The molecule has 0 aromatic heterocycles. The van der Waals surface area contributed by atoms with Crippen LogP contribution in [0.25, 0.3) is 0 Å². The van der Waals surface area contributed by atoms with Gasteiger partial charge in [0.05, 0.1) is 0 Å². The molecule has 0 amide bonds. The molecule has 0 heterocycles. The maximum Gasteiger partial charge on any atom is 2.00 e. The van der Waals surface area contributed by atoms with Gasteiger partial charge in [-0.3, -0.25) is 0 Å². The molecule has 0 bridgehead atoms. The van der Waals surface area contributed by atoms with Gasteiger partial charge in [-0.2, -0.15) is 10.2 Å². The van der Waals surface area contributed by atoms with Crippen LogP contribution in [0.4, 0.5) is 5.69 Å². The summed E-state index contributed by atoms with van der Waals surface area (Å²) in [5.74, 6) is 0. The first-order valence-electron chi connectivity index (χ1n) is 8.80. The molecule has 1 radical (unpaired) electrons. The van der Waals surface area contributed by atoms with Crippen LogP contribution in [0, 0.1) is 0 Å². The summed E-state index contributed by atoms with van der Waals surface area (Å²) >= 11 is 10.2. The van der Waals surface area contributed by atoms with Crippen molar-refractivity contribution in [2.45, 2.75) is 0 Å². The Kier molecular flexibility index (Phi) is 11.0. The molecule has 0 saturated carbocycles. The zero-order valence-electron chi connectivity index (χ0n) is 17.1. The first-order chi connectivity index (χ1) is 14.0. The van der Waals surface area contributed by atoms with E-state index in [0.29, 0.717) is 11.4 Å². The molecule has 0 unspecified atom stereocenters. The summed E-state index contributed by atoms with van der Waals surface area (Å²) in [7, 11) is 7.36. The quantitative estimate of drug-likeness (QED) is 0.214. The number of hydrogen-bond acceptors (Lipinski definition) is 7. The predicted molar refractivity (Wildman–Crippen MR) is 128 cm³/mol. The third kappa shape index (κ3) is 7.38. The molecule has 0 fully saturated rings. The Hall–Kier alpha value is -2.52. The molecule has 0 aliphatic carbocycles. The molecule has 7 nitrogen and oxygen atoms in total. The van der Waals surface area contributed by atoms with Gasteiger partial charge >= 0.3 is 17.1 Å². The van der Waals surface area contributed by atoms with Crippen molar-refractivity contribution in [1.29, 1.82) is 0 Å². The van der Waals surface area contributed by atoms with Crippen molar-refractivity contribution in [1.82, 2.24) is 10.6 Å². The van der Waals surface area contributed by atoms with Crippen molar-refractivity contribution in [2.24, 2.45) is 20.4 Å². The molecule has 2 rings (SSSR count). The second-order valence-corrected chi connectivity index (χ2v) is 6.79. The maximum absolute atomic E-state index is 5.12. The van der Waals surface area contributed by atoms with Gasteiger partial charge in [-0.1, -0.05) is 42.5 Å². The third-order valence-corrected chi connectivity index (χ3v) is 4.41. The van der Waals surface area contributed by atoms with E-state index >= 15 is 0 Å². The average Bonchev–Trinajstić information content (AvgIpc) is 2.76. The van der Waals surface area contributed by atoms with Crippen molar-refractivity contribution in [3.63, 3.8) is 0 Å². The fourth-order valence-electron chi connectivity index (χ4n) is 2.29. The third-order valence-electron chi connectivity index (χ3n) is 3.84. The molecular weight excluding hydrogens is 466 g/mol. The van der Waals surface area contributed by atoms with Crippen LogP contribution in [0.15, 0.2) is 75.0 Å². The van der Waals surface area contributed by atoms with Crippen LogP contribution in [0.3, 0.4) is 0 Å². The van der Waals surface area contributed by atoms with E-state index < -0.39 is 0 Å². The van der Waals surface area contributed by atoms with Crippen molar-refractivity contribution >= 4 is 52.7 Å². The fourth-order valence-corrected chi connectivity index (χ4v) is 2.37. The van der Waals surface area contributed by atoms with Gasteiger partial charge in [-0.25, -0.2) is 0 Å². The Balaban J connectivity index is 0.00000450. The van der Waals surface area contributed by atoms with E-state index in [9.17, 15) is 0 Å². The predicted octanol–water partition coefficient (Wildman–Crippen LogP) is 2.10. The Morgan fingerprint density at radius 2 is 1.13 bits per heavy atom. The standard InChI is InChI=1S/C20H25N7S2.Cu/c1-21-19(28)25-23-17(14-8-6-5-7-9-14)18(24-26-20(29)22-2)15-10-12-16(13-11-15)27(3)4;/h5-13H,1-4H3,(H2,21,25,28)(H2,22,26,29);/q;+2/p-2/b23-17+,24-18+;. The van der Waals surface area contributed by atoms with Crippen molar-refractivity contribution in [2.75, 3.05) is 33.1 Å². The van der Waals surface area contributed by atoms with Crippen LogP contribution < -0.4 is 15.5 Å². The second kappa shape index (κ2) is 12.9. The molecule has 2 aromatic rings. The van der Waals surface area contributed by atoms with E-state index in [1.54, 1.807) is 14.1 Å². The Morgan fingerprint density at radius 1 is 0.700 bits per heavy atom. The van der Waals surface area contributed by atoms with E-state index in [-0.39, 0.29) is 27.4 Å². The Labute approximate surface area is 199 Å². The van der Waals surface area contributed by atoms with Crippen LogP contribution in [-0.4, -0.2) is 49.9 Å². The number of amidine groups is 2. The van der Waals surface area contributed by atoms with E-state index in [1.807, 2.05) is 73.6 Å². The molecule has 0 aliphatic heterocycles. The number of anilines is 1. The number of nitrogens with zero attached hydrogens (tertiary/aromatic N) is 5. The smallest absolute Gasteiger partial charge is 0.741 e. The van der Waals surface area contributed by atoms with Gasteiger partial charge < -0.3 is 40.8 Å². The summed E-state index contributed by atoms with van der Waals surface area (Å²) in [5.41, 5.74) is 3.78. The molecule has 161 valence electrons. The van der Waals surface area contributed by atoms with Gasteiger partial charge in [-0.05, 0) is 22.5 Å². The number of benzene rings is 2. The number of rotatable bonds is 6. The first kappa shape index (κ1) is 25.5. The second-order valence-electron chi connectivity index (χ2n) is 6.01. The summed E-state index contributed by atoms with van der Waals surface area (Å²) in [6.07, 6.45) is 0. The van der Waals surface area contributed by atoms with Gasteiger partial charge in [0.25, 0.3) is 0 Å². The number of hydrogen-bond donors (Lipinski definition) is 2. The van der Waals surface area contributed by atoms with Gasteiger partial charge in [0.1, 0.15) is 11.4 Å². The largest absolute Gasteiger partial charge is 2.00 e. The topological polar surface area (TPSA) is 76.7 Å². The molecule has 2 aromatic carbocycles. The van der Waals surface area contributed by atoms with Gasteiger partial charge in [0, 0.05) is 45.0 Å². The summed E-state index contributed by atoms with van der Waals surface area (Å²) in [6.45, 7) is 0. The number of nitrogens with one attached hydrogen (secondary N) is 2. The molecule has 0 atom stereocenters. The van der Waals surface area contributed by atoms with E-state index in [2.05, 4.69) is 31.0 Å². The molecule has 0 spiro atoms. The van der Waals surface area contributed by atoms with Crippen LogP contribution in [-0.2, 0) is 42.3 Å². The molecular formula is C20H23CuN7S2. The van der Waals surface area contributed by atoms with Crippen LogP contribution in [0.2, 0.25) is 0 Å². The summed E-state index contributed by atoms with van der Waals surface area (Å²) in [5, 5.41) is 23.1. The molecule has 10 heteroatoms. The minimum atomic E-state index is 0. The molecule has 2 N–H and O–H groups in total.